The number of nitrogens with one attached hydrogen (secondary N) is 1. The maximum atomic E-state index is 11.6. The van der Waals surface area contributed by atoms with Crippen molar-refractivity contribution in [2.24, 2.45) is 0 Å². The number of fused-ring (bicyclic) bond motifs is 1. The van der Waals surface area contributed by atoms with Gasteiger partial charge in [0.25, 0.3) is 0 Å². The van der Waals surface area contributed by atoms with Crippen LogP contribution in [0.15, 0.2) is 40.8 Å². The fraction of sp³-hybridized carbons (Fsp3) is 0.350. The largest absolute Gasteiger partial charge is 0.478 e. The molecule has 0 aliphatic carbocycles. The summed E-state index contributed by atoms with van der Waals surface area (Å²) in [7, 11) is 0. The number of hydrogen-bond donors (Lipinski definition) is 4. The summed E-state index contributed by atoms with van der Waals surface area (Å²) in [6.45, 7) is 8.01. The Morgan fingerprint density at radius 3 is 2.18 bits per heavy atom. The van der Waals surface area contributed by atoms with Crippen molar-refractivity contribution in [3.63, 3.8) is 0 Å². The normalized spacial score (nSPS) is 12.5. The van der Waals surface area contributed by atoms with Gasteiger partial charge in [-0.3, -0.25) is 4.79 Å². The van der Waals surface area contributed by atoms with Crippen molar-refractivity contribution in [3.8, 4) is 0 Å². The maximum Gasteiger partial charge on any atom is 0.328 e. The van der Waals surface area contributed by atoms with E-state index < -0.39 is 18.0 Å². The molecule has 4 N–H and O–H groups in total. The molecule has 0 spiro atoms. The van der Waals surface area contributed by atoms with Crippen LogP contribution in [0.5, 0.6) is 0 Å². The standard InChI is InChI=1S/C16H21NO3.C4H4O4/c1-10(18)12-7-5-6-11-8-14(20-15(11)12)13(19)9-17-16(2,3)4;5-3(6)1-2-4(7)8/h5-8,13,17,19H,9H2,1-4H3;1-2H,(H,5,6)(H,7,8)/b;2-1-/t13-;/m0./s1. The van der Waals surface area contributed by atoms with E-state index in [1.165, 1.54) is 6.92 Å². The Morgan fingerprint density at radius 2 is 1.71 bits per heavy atom. The van der Waals surface area contributed by atoms with E-state index in [0.29, 0.717) is 35.6 Å². The summed E-state index contributed by atoms with van der Waals surface area (Å²) in [5.74, 6) is -2.08. The molecule has 0 aliphatic heterocycles. The Labute approximate surface area is 162 Å². The first-order valence-electron chi connectivity index (χ1n) is 8.51. The van der Waals surface area contributed by atoms with Crippen LogP contribution in [-0.2, 0) is 9.59 Å². The fourth-order valence-electron chi connectivity index (χ4n) is 2.17. The third kappa shape index (κ3) is 7.73. The molecule has 8 nitrogen and oxygen atoms in total. The van der Waals surface area contributed by atoms with E-state index in [0.717, 1.165) is 5.39 Å². The number of benzene rings is 1. The van der Waals surface area contributed by atoms with Gasteiger partial charge in [-0.05, 0) is 39.8 Å². The average Bonchev–Trinajstić information content (AvgIpc) is 3.01. The lowest BCUT2D eigenvalue weighted by Crippen LogP contribution is -2.38. The third-order valence-electron chi connectivity index (χ3n) is 3.47. The molecule has 28 heavy (non-hydrogen) atoms. The lowest BCUT2D eigenvalue weighted by molar-refractivity contribution is -0.134. The second-order valence-corrected chi connectivity index (χ2v) is 7.09. The average molecular weight is 391 g/mol. The Morgan fingerprint density at radius 1 is 1.14 bits per heavy atom. The van der Waals surface area contributed by atoms with Crippen molar-refractivity contribution in [1.82, 2.24) is 5.32 Å². The van der Waals surface area contributed by atoms with Crippen LogP contribution in [0.1, 0.15) is 49.9 Å². The molecule has 0 saturated carbocycles. The number of carbonyl (C=O) groups is 3. The van der Waals surface area contributed by atoms with Gasteiger partial charge in [-0.1, -0.05) is 12.1 Å². The van der Waals surface area contributed by atoms with Crippen LogP contribution in [-0.4, -0.2) is 45.1 Å². The monoisotopic (exact) mass is 391 g/mol. The number of aliphatic hydroxyl groups excluding tert-OH is 1. The van der Waals surface area contributed by atoms with E-state index in [-0.39, 0.29) is 11.3 Å². The van der Waals surface area contributed by atoms with Crippen LogP contribution in [0.2, 0.25) is 0 Å². The highest BCUT2D eigenvalue weighted by atomic mass is 16.4. The van der Waals surface area contributed by atoms with Crippen molar-refractivity contribution < 1.29 is 34.1 Å². The van der Waals surface area contributed by atoms with Crippen LogP contribution < -0.4 is 5.32 Å². The third-order valence-corrected chi connectivity index (χ3v) is 3.47. The zero-order valence-electron chi connectivity index (χ0n) is 16.2. The number of carboxylic acid groups (broad SMARTS) is 2. The molecule has 0 aliphatic rings. The van der Waals surface area contributed by atoms with Gasteiger partial charge < -0.3 is 25.1 Å². The maximum absolute atomic E-state index is 11.6. The smallest absolute Gasteiger partial charge is 0.328 e. The molecule has 152 valence electrons. The van der Waals surface area contributed by atoms with Gasteiger partial charge in [-0.2, -0.15) is 0 Å². The number of ketones is 1. The molecular weight excluding hydrogens is 366 g/mol. The van der Waals surface area contributed by atoms with E-state index in [4.69, 9.17) is 14.6 Å². The number of carboxylic acids is 2. The zero-order chi connectivity index (χ0) is 21.5. The summed E-state index contributed by atoms with van der Waals surface area (Å²) in [5, 5.41) is 29.9. The molecule has 1 heterocycles. The van der Waals surface area contributed by atoms with Crippen molar-refractivity contribution in [2.75, 3.05) is 6.54 Å². The van der Waals surface area contributed by atoms with Gasteiger partial charge in [-0.25, -0.2) is 9.59 Å². The molecule has 2 aromatic rings. The van der Waals surface area contributed by atoms with E-state index in [1.54, 1.807) is 12.1 Å². The molecule has 8 heteroatoms. The molecule has 1 atom stereocenters. The molecule has 1 aromatic carbocycles. The first kappa shape index (κ1) is 23.1. The summed E-state index contributed by atoms with van der Waals surface area (Å²) in [6, 6.07) is 7.21. The summed E-state index contributed by atoms with van der Waals surface area (Å²) in [5.41, 5.74) is 1.02. The van der Waals surface area contributed by atoms with Gasteiger partial charge in [0.1, 0.15) is 17.4 Å². The van der Waals surface area contributed by atoms with E-state index in [9.17, 15) is 19.5 Å². The van der Waals surface area contributed by atoms with Crippen molar-refractivity contribution in [1.29, 1.82) is 0 Å². The molecule has 0 bridgehead atoms. The van der Waals surface area contributed by atoms with Crippen LogP contribution in [0.4, 0.5) is 0 Å². The second kappa shape index (κ2) is 9.82. The van der Waals surface area contributed by atoms with Gasteiger partial charge in [0.2, 0.25) is 0 Å². The van der Waals surface area contributed by atoms with Crippen LogP contribution in [0.3, 0.4) is 0 Å². The van der Waals surface area contributed by atoms with E-state index >= 15 is 0 Å². The van der Waals surface area contributed by atoms with Crippen LogP contribution in [0.25, 0.3) is 11.0 Å². The first-order chi connectivity index (χ1) is 12.9. The van der Waals surface area contributed by atoms with Gasteiger partial charge in [0, 0.05) is 29.6 Å². The number of aliphatic carboxylic acids is 2. The minimum Gasteiger partial charge on any atom is -0.478 e. The topological polar surface area (TPSA) is 137 Å². The van der Waals surface area contributed by atoms with Gasteiger partial charge in [0.15, 0.2) is 5.78 Å². The summed E-state index contributed by atoms with van der Waals surface area (Å²) in [6.07, 6.45) is 0.381. The molecule has 0 saturated heterocycles. The Hall–Kier alpha value is -2.97. The number of para-hydroxylation sites is 1. The lowest BCUT2D eigenvalue weighted by atomic mass is 10.1. The molecular formula is C20H25NO7. The molecule has 2 rings (SSSR count). The summed E-state index contributed by atoms with van der Waals surface area (Å²) in [4.78, 5) is 30.7. The van der Waals surface area contributed by atoms with Crippen LogP contribution in [0, 0.1) is 0 Å². The predicted molar refractivity (Wildman–Crippen MR) is 103 cm³/mol. The lowest BCUT2D eigenvalue weighted by Gasteiger charge is -2.22. The Balaban J connectivity index is 0.000000416. The number of hydrogen-bond acceptors (Lipinski definition) is 6. The molecule has 0 radical (unpaired) electrons. The fourth-order valence-corrected chi connectivity index (χ4v) is 2.17. The summed E-state index contributed by atoms with van der Waals surface area (Å²) < 4.78 is 5.68. The first-order valence-corrected chi connectivity index (χ1v) is 8.51. The highest BCUT2D eigenvalue weighted by Crippen LogP contribution is 2.27. The second-order valence-electron chi connectivity index (χ2n) is 7.09. The van der Waals surface area contributed by atoms with Gasteiger partial charge >= 0.3 is 11.9 Å². The zero-order valence-corrected chi connectivity index (χ0v) is 16.2. The van der Waals surface area contributed by atoms with E-state index in [2.05, 4.69) is 5.32 Å². The number of Topliss-reactive ketones (excluding diaryl/α,β-unsaturated/α-hetero) is 1. The quantitative estimate of drug-likeness (QED) is 0.436. The highest BCUT2D eigenvalue weighted by molar-refractivity contribution is 6.04. The number of furan rings is 1. The molecule has 0 fully saturated rings. The van der Waals surface area contributed by atoms with Crippen molar-refractivity contribution >= 4 is 28.7 Å². The SMILES string of the molecule is CC(=O)c1cccc2cc([C@@H](O)CNC(C)(C)C)oc12.O=C(O)/C=C\C(=O)O. The minimum absolute atomic E-state index is 0.0428. The Kier molecular flexibility index (Phi) is 8.09. The number of rotatable bonds is 6. The highest BCUT2D eigenvalue weighted by Gasteiger charge is 2.18. The molecule has 0 amide bonds. The van der Waals surface area contributed by atoms with Crippen molar-refractivity contribution in [3.05, 3.63) is 47.7 Å². The number of aliphatic hydroxyl groups is 1. The molecule has 1 aromatic heterocycles. The summed E-state index contributed by atoms with van der Waals surface area (Å²) >= 11 is 0. The Bertz CT molecular complexity index is 858. The van der Waals surface area contributed by atoms with Gasteiger partial charge in [0.05, 0.1) is 5.56 Å². The van der Waals surface area contributed by atoms with Crippen LogP contribution >= 0.6 is 0 Å². The molecule has 0 unspecified atom stereocenters. The van der Waals surface area contributed by atoms with Gasteiger partial charge in [-0.15, -0.1) is 0 Å². The van der Waals surface area contributed by atoms with Crippen molar-refractivity contribution in [2.45, 2.75) is 39.3 Å². The predicted octanol–water partition coefficient (Wildman–Crippen LogP) is 2.77. The minimum atomic E-state index is -1.26. The number of β-amino-alcohol motifs (C(OH)–C–C–N with tert-alkyl or cyclic N) is 1. The number of carbonyl (C=O) groups excluding carboxylic acids is 1. The van der Waals surface area contributed by atoms with E-state index in [1.807, 2.05) is 32.9 Å².